The van der Waals surface area contributed by atoms with Crippen molar-refractivity contribution in [3.63, 3.8) is 0 Å². The summed E-state index contributed by atoms with van der Waals surface area (Å²) in [7, 11) is 1.64. The van der Waals surface area contributed by atoms with E-state index in [1.54, 1.807) is 13.3 Å². The Morgan fingerprint density at radius 1 is 1.18 bits per heavy atom. The first-order chi connectivity index (χ1) is 7.99. The van der Waals surface area contributed by atoms with E-state index >= 15 is 0 Å². The molecule has 0 amide bonds. The third kappa shape index (κ3) is 2.64. The van der Waals surface area contributed by atoms with Crippen LogP contribution in [0.1, 0.15) is 20.8 Å². The summed E-state index contributed by atoms with van der Waals surface area (Å²) in [4.78, 5) is 0. The highest BCUT2D eigenvalue weighted by atomic mass is 16.5. The molecule has 2 aromatic rings. The van der Waals surface area contributed by atoms with Gasteiger partial charge in [0.25, 0.3) is 0 Å². The fourth-order valence-electron chi connectivity index (χ4n) is 1.53. The summed E-state index contributed by atoms with van der Waals surface area (Å²) in [5, 5.41) is 9.87. The Labute approximate surface area is 101 Å². The molecular weight excluding hydrogens is 216 g/mol. The number of rotatable bonds is 2. The minimum atomic E-state index is -0.289. The van der Waals surface area contributed by atoms with Gasteiger partial charge >= 0.3 is 0 Å². The Morgan fingerprint density at radius 2 is 1.94 bits per heavy atom. The first-order valence-electron chi connectivity index (χ1n) is 5.48. The lowest BCUT2D eigenvalue weighted by atomic mass is 10.1. The van der Waals surface area contributed by atoms with E-state index in [4.69, 9.17) is 9.47 Å². The van der Waals surface area contributed by atoms with Crippen LogP contribution in [0.5, 0.6) is 11.6 Å². The fraction of sp³-hybridized carbons (Fsp3) is 0.385. The lowest BCUT2D eigenvalue weighted by Gasteiger charge is -2.20. The molecule has 0 N–H and O–H groups in total. The number of aromatic nitrogens is 2. The van der Waals surface area contributed by atoms with Crippen LogP contribution in [-0.4, -0.2) is 22.9 Å². The SMILES string of the molecule is COc1ccc2c(OC(C)(C)C)nncc2c1. The Kier molecular flexibility index (Phi) is 2.88. The lowest BCUT2D eigenvalue weighted by molar-refractivity contribution is 0.125. The van der Waals surface area contributed by atoms with Crippen molar-refractivity contribution in [3.05, 3.63) is 24.4 Å². The van der Waals surface area contributed by atoms with Gasteiger partial charge in [0.2, 0.25) is 5.88 Å². The highest BCUT2D eigenvalue weighted by Gasteiger charge is 2.15. The summed E-state index contributed by atoms with van der Waals surface area (Å²) < 4.78 is 10.9. The van der Waals surface area contributed by atoms with E-state index in [1.807, 2.05) is 39.0 Å². The van der Waals surface area contributed by atoms with Gasteiger partial charge in [-0.25, -0.2) is 0 Å². The topological polar surface area (TPSA) is 44.2 Å². The Hall–Kier alpha value is -1.84. The fourth-order valence-corrected chi connectivity index (χ4v) is 1.53. The average Bonchev–Trinajstić information content (AvgIpc) is 2.26. The third-order valence-electron chi connectivity index (χ3n) is 2.24. The summed E-state index contributed by atoms with van der Waals surface area (Å²) in [5.41, 5.74) is -0.289. The van der Waals surface area contributed by atoms with E-state index in [-0.39, 0.29) is 5.60 Å². The molecular formula is C13H16N2O2. The van der Waals surface area contributed by atoms with E-state index in [0.717, 1.165) is 16.5 Å². The molecule has 0 fully saturated rings. The minimum absolute atomic E-state index is 0.289. The molecule has 0 atom stereocenters. The Balaban J connectivity index is 2.51. The summed E-state index contributed by atoms with van der Waals surface area (Å²) in [6, 6.07) is 5.74. The van der Waals surface area contributed by atoms with Crippen molar-refractivity contribution in [1.82, 2.24) is 10.2 Å². The first kappa shape index (κ1) is 11.6. The van der Waals surface area contributed by atoms with Gasteiger partial charge in [0.05, 0.1) is 13.3 Å². The molecule has 0 saturated heterocycles. The van der Waals surface area contributed by atoms with E-state index in [2.05, 4.69) is 10.2 Å². The van der Waals surface area contributed by atoms with Gasteiger partial charge in [-0.2, -0.15) is 5.10 Å². The Bertz CT molecular complexity index is 532. The van der Waals surface area contributed by atoms with Gasteiger partial charge in [-0.05, 0) is 39.0 Å². The maximum Gasteiger partial charge on any atom is 0.241 e. The number of hydrogen-bond donors (Lipinski definition) is 0. The standard InChI is InChI=1S/C13H16N2O2/c1-13(2,3)17-12-11-6-5-10(16-4)7-9(11)8-14-15-12/h5-8H,1-4H3. The zero-order valence-electron chi connectivity index (χ0n) is 10.5. The van der Waals surface area contributed by atoms with E-state index in [9.17, 15) is 0 Å². The third-order valence-corrected chi connectivity index (χ3v) is 2.24. The average molecular weight is 232 g/mol. The molecule has 0 aliphatic rings. The summed E-state index contributed by atoms with van der Waals surface area (Å²) in [6.07, 6.45) is 1.70. The molecule has 4 nitrogen and oxygen atoms in total. The predicted molar refractivity (Wildman–Crippen MR) is 66.5 cm³/mol. The molecule has 0 saturated carbocycles. The van der Waals surface area contributed by atoms with Crippen LogP contribution in [-0.2, 0) is 0 Å². The number of methoxy groups -OCH3 is 1. The molecule has 1 aromatic carbocycles. The van der Waals surface area contributed by atoms with Gasteiger partial charge in [-0.3, -0.25) is 0 Å². The van der Waals surface area contributed by atoms with Gasteiger partial charge in [0.15, 0.2) is 0 Å². The van der Waals surface area contributed by atoms with E-state index < -0.39 is 0 Å². The van der Waals surface area contributed by atoms with Crippen LogP contribution in [0.2, 0.25) is 0 Å². The highest BCUT2D eigenvalue weighted by molar-refractivity contribution is 5.87. The molecule has 0 aliphatic heterocycles. The van der Waals surface area contributed by atoms with Crippen LogP contribution in [0.4, 0.5) is 0 Å². The number of ether oxygens (including phenoxy) is 2. The van der Waals surface area contributed by atoms with Crippen molar-refractivity contribution >= 4 is 10.8 Å². The summed E-state index contributed by atoms with van der Waals surface area (Å²) >= 11 is 0. The second kappa shape index (κ2) is 4.20. The number of hydrogen-bond acceptors (Lipinski definition) is 4. The quantitative estimate of drug-likeness (QED) is 0.798. The summed E-state index contributed by atoms with van der Waals surface area (Å²) in [5.74, 6) is 1.35. The summed E-state index contributed by atoms with van der Waals surface area (Å²) in [6.45, 7) is 5.95. The molecule has 0 unspecified atom stereocenters. The monoisotopic (exact) mass is 232 g/mol. The zero-order valence-corrected chi connectivity index (χ0v) is 10.5. The van der Waals surface area contributed by atoms with Crippen LogP contribution in [0.15, 0.2) is 24.4 Å². The van der Waals surface area contributed by atoms with Crippen LogP contribution in [0, 0.1) is 0 Å². The largest absolute Gasteiger partial charge is 0.497 e. The van der Waals surface area contributed by atoms with E-state index in [0.29, 0.717) is 5.88 Å². The molecule has 0 spiro atoms. The van der Waals surface area contributed by atoms with Crippen molar-refractivity contribution in [2.24, 2.45) is 0 Å². The lowest BCUT2D eigenvalue weighted by Crippen LogP contribution is -2.23. The van der Waals surface area contributed by atoms with Crippen molar-refractivity contribution in [1.29, 1.82) is 0 Å². The smallest absolute Gasteiger partial charge is 0.241 e. The van der Waals surface area contributed by atoms with Crippen molar-refractivity contribution in [3.8, 4) is 11.6 Å². The van der Waals surface area contributed by atoms with Gasteiger partial charge in [0, 0.05) is 10.8 Å². The minimum Gasteiger partial charge on any atom is -0.497 e. The molecule has 1 aromatic heterocycles. The molecule has 90 valence electrons. The molecule has 0 bridgehead atoms. The Morgan fingerprint density at radius 3 is 2.59 bits per heavy atom. The van der Waals surface area contributed by atoms with Crippen LogP contribution in [0.3, 0.4) is 0 Å². The molecule has 17 heavy (non-hydrogen) atoms. The van der Waals surface area contributed by atoms with Crippen LogP contribution in [0.25, 0.3) is 10.8 Å². The number of fused-ring (bicyclic) bond motifs is 1. The predicted octanol–water partition coefficient (Wildman–Crippen LogP) is 2.82. The zero-order chi connectivity index (χ0) is 12.5. The van der Waals surface area contributed by atoms with Gasteiger partial charge < -0.3 is 9.47 Å². The van der Waals surface area contributed by atoms with Crippen LogP contribution < -0.4 is 9.47 Å². The molecule has 4 heteroatoms. The maximum absolute atomic E-state index is 5.77. The molecule has 1 heterocycles. The normalized spacial score (nSPS) is 11.5. The van der Waals surface area contributed by atoms with Crippen molar-refractivity contribution < 1.29 is 9.47 Å². The molecule has 0 aliphatic carbocycles. The second-order valence-electron chi connectivity index (χ2n) is 4.82. The van der Waals surface area contributed by atoms with Crippen molar-refractivity contribution in [2.45, 2.75) is 26.4 Å². The second-order valence-corrected chi connectivity index (χ2v) is 4.82. The van der Waals surface area contributed by atoms with Crippen molar-refractivity contribution in [2.75, 3.05) is 7.11 Å². The van der Waals surface area contributed by atoms with Gasteiger partial charge in [0.1, 0.15) is 11.4 Å². The van der Waals surface area contributed by atoms with E-state index in [1.165, 1.54) is 0 Å². The van der Waals surface area contributed by atoms with Crippen LogP contribution >= 0.6 is 0 Å². The van der Waals surface area contributed by atoms with Gasteiger partial charge in [-0.1, -0.05) is 0 Å². The molecule has 2 rings (SSSR count). The number of nitrogens with zero attached hydrogens (tertiary/aromatic N) is 2. The maximum atomic E-state index is 5.77. The highest BCUT2D eigenvalue weighted by Crippen LogP contribution is 2.27. The first-order valence-corrected chi connectivity index (χ1v) is 5.48. The molecule has 0 radical (unpaired) electrons. The van der Waals surface area contributed by atoms with Gasteiger partial charge in [-0.15, -0.1) is 5.10 Å². The number of benzene rings is 1.